The number of fused-ring (bicyclic) bond motifs is 1. The number of benzene rings is 1. The Labute approximate surface area is 145 Å². The Hall–Kier alpha value is -3.22. The predicted molar refractivity (Wildman–Crippen MR) is 95.3 cm³/mol. The minimum Gasteiger partial charge on any atom is -0.493 e. The molecule has 128 valence electrons. The summed E-state index contributed by atoms with van der Waals surface area (Å²) in [7, 11) is 0. The number of ether oxygens (including phenoxy) is 1. The Morgan fingerprint density at radius 1 is 1.48 bits per heavy atom. The molecule has 0 unspecified atom stereocenters. The second-order valence-electron chi connectivity index (χ2n) is 5.75. The molecule has 0 saturated heterocycles. The fraction of sp³-hybridized carbons (Fsp3) is 0.222. The lowest BCUT2D eigenvalue weighted by Crippen LogP contribution is -2.24. The number of hydrogen-bond donors (Lipinski definition) is 3. The van der Waals surface area contributed by atoms with Crippen LogP contribution in [0.15, 0.2) is 35.5 Å². The molecule has 7 nitrogen and oxygen atoms in total. The summed E-state index contributed by atoms with van der Waals surface area (Å²) in [4.78, 5) is 20.2. The van der Waals surface area contributed by atoms with E-state index in [1.807, 2.05) is 19.1 Å². The van der Waals surface area contributed by atoms with E-state index in [2.05, 4.69) is 21.4 Å². The largest absolute Gasteiger partial charge is 0.493 e. The number of amidine groups is 1. The molecule has 7 heteroatoms. The van der Waals surface area contributed by atoms with Crippen molar-refractivity contribution in [2.75, 3.05) is 6.61 Å². The Balaban J connectivity index is 1.69. The van der Waals surface area contributed by atoms with Gasteiger partial charge in [0.15, 0.2) is 5.84 Å². The number of amides is 1. The molecule has 1 aliphatic heterocycles. The van der Waals surface area contributed by atoms with Crippen molar-refractivity contribution in [1.82, 2.24) is 10.3 Å². The van der Waals surface area contributed by atoms with Crippen molar-refractivity contribution in [3.63, 3.8) is 0 Å². The van der Waals surface area contributed by atoms with Crippen LogP contribution in [0, 0.1) is 12.3 Å². The number of pyridine rings is 1. The topological polar surface area (TPSA) is 113 Å². The summed E-state index contributed by atoms with van der Waals surface area (Å²) in [6.45, 7) is 2.96. The van der Waals surface area contributed by atoms with Crippen LogP contribution in [0.25, 0.3) is 0 Å². The maximum absolute atomic E-state index is 12.4. The number of nitrogens with zero attached hydrogens (tertiary/aromatic N) is 2. The lowest BCUT2D eigenvalue weighted by molar-refractivity contribution is 0.0950. The van der Waals surface area contributed by atoms with E-state index in [1.54, 1.807) is 6.07 Å². The van der Waals surface area contributed by atoms with Crippen LogP contribution in [0.4, 0.5) is 0 Å². The number of nitrogens with one attached hydrogen (secondary N) is 2. The van der Waals surface area contributed by atoms with E-state index >= 15 is 0 Å². The molecule has 4 N–H and O–H groups in total. The Bertz CT molecular complexity index is 861. The SMILES string of the molecule is Cc1cc(C(N)=NC=N)ncc1C(=O)NCc1ccc2c(c1)CCO2. The smallest absolute Gasteiger partial charge is 0.253 e. The third-order valence-corrected chi connectivity index (χ3v) is 4.03. The van der Waals surface area contributed by atoms with Crippen LogP contribution in [0.5, 0.6) is 5.75 Å². The molecule has 0 saturated carbocycles. The highest BCUT2D eigenvalue weighted by Crippen LogP contribution is 2.25. The van der Waals surface area contributed by atoms with Crippen LogP contribution in [0.3, 0.4) is 0 Å². The minimum absolute atomic E-state index is 0.144. The van der Waals surface area contributed by atoms with Gasteiger partial charge >= 0.3 is 0 Å². The van der Waals surface area contributed by atoms with E-state index in [1.165, 1.54) is 11.8 Å². The van der Waals surface area contributed by atoms with Gasteiger partial charge in [-0.2, -0.15) is 0 Å². The molecule has 2 heterocycles. The van der Waals surface area contributed by atoms with Gasteiger partial charge in [-0.3, -0.25) is 15.2 Å². The normalized spacial score (nSPS) is 13.1. The molecule has 1 amide bonds. The average molecular weight is 337 g/mol. The molecule has 1 aliphatic rings. The molecule has 1 aromatic carbocycles. The van der Waals surface area contributed by atoms with E-state index in [0.717, 1.165) is 29.6 Å². The molecular weight excluding hydrogens is 318 g/mol. The lowest BCUT2D eigenvalue weighted by Gasteiger charge is -2.09. The quantitative estimate of drug-likeness (QED) is 0.567. The fourth-order valence-corrected chi connectivity index (χ4v) is 2.70. The van der Waals surface area contributed by atoms with E-state index in [0.29, 0.717) is 24.4 Å². The van der Waals surface area contributed by atoms with E-state index < -0.39 is 0 Å². The number of carbonyl (C=O) groups excluding carboxylic acids is 1. The Morgan fingerprint density at radius 2 is 2.32 bits per heavy atom. The van der Waals surface area contributed by atoms with Crippen molar-refractivity contribution in [1.29, 1.82) is 5.41 Å². The maximum Gasteiger partial charge on any atom is 0.253 e. The average Bonchev–Trinajstić information content (AvgIpc) is 3.07. The van der Waals surface area contributed by atoms with Crippen molar-refractivity contribution in [2.45, 2.75) is 19.9 Å². The number of hydrogen-bond acceptors (Lipinski definition) is 4. The summed E-state index contributed by atoms with van der Waals surface area (Å²) >= 11 is 0. The molecule has 1 aromatic heterocycles. The highest BCUT2D eigenvalue weighted by Gasteiger charge is 2.14. The maximum atomic E-state index is 12.4. The molecule has 0 aliphatic carbocycles. The number of nitrogens with two attached hydrogens (primary N) is 1. The summed E-state index contributed by atoms with van der Waals surface area (Å²) in [5.41, 5.74) is 9.58. The second kappa shape index (κ2) is 7.12. The van der Waals surface area contributed by atoms with Gasteiger partial charge in [0.1, 0.15) is 17.8 Å². The van der Waals surface area contributed by atoms with Crippen LogP contribution in [0.2, 0.25) is 0 Å². The van der Waals surface area contributed by atoms with E-state index in [4.69, 9.17) is 15.9 Å². The molecule has 2 aromatic rings. The van der Waals surface area contributed by atoms with Crippen molar-refractivity contribution >= 4 is 18.1 Å². The standard InChI is InChI=1S/C18H19N5O2/c1-11-6-15(17(20)23-10-19)21-9-14(11)18(24)22-8-12-2-3-16-13(7-12)4-5-25-16/h2-3,6-7,9-10H,4-5,8H2,1H3,(H,22,24)(H3,19,20,23). The Morgan fingerprint density at radius 3 is 3.08 bits per heavy atom. The number of carbonyl (C=O) groups is 1. The van der Waals surface area contributed by atoms with Crippen molar-refractivity contribution in [3.05, 3.63) is 58.4 Å². The molecule has 3 rings (SSSR count). The summed E-state index contributed by atoms with van der Waals surface area (Å²) < 4.78 is 5.48. The highest BCUT2D eigenvalue weighted by atomic mass is 16.5. The van der Waals surface area contributed by atoms with Crippen molar-refractivity contribution < 1.29 is 9.53 Å². The first-order valence-corrected chi connectivity index (χ1v) is 7.90. The van der Waals surface area contributed by atoms with Gasteiger partial charge < -0.3 is 15.8 Å². The summed E-state index contributed by atoms with van der Waals surface area (Å²) in [6, 6.07) is 7.64. The first-order valence-electron chi connectivity index (χ1n) is 7.90. The van der Waals surface area contributed by atoms with Gasteiger partial charge in [-0.25, -0.2) is 4.99 Å². The number of aryl methyl sites for hydroxylation is 1. The zero-order chi connectivity index (χ0) is 17.8. The van der Waals surface area contributed by atoms with Gasteiger partial charge in [-0.15, -0.1) is 0 Å². The van der Waals surface area contributed by atoms with Gasteiger partial charge in [0.2, 0.25) is 0 Å². The monoisotopic (exact) mass is 337 g/mol. The summed E-state index contributed by atoms with van der Waals surface area (Å²) in [6.07, 6.45) is 3.23. The second-order valence-corrected chi connectivity index (χ2v) is 5.75. The minimum atomic E-state index is -0.198. The van der Waals surface area contributed by atoms with Gasteiger partial charge in [0, 0.05) is 19.2 Å². The van der Waals surface area contributed by atoms with E-state index in [-0.39, 0.29) is 11.7 Å². The first kappa shape index (κ1) is 16.6. The number of aromatic nitrogens is 1. The first-order chi connectivity index (χ1) is 12.1. The molecule has 25 heavy (non-hydrogen) atoms. The third kappa shape index (κ3) is 3.65. The molecule has 0 atom stereocenters. The molecule has 0 spiro atoms. The van der Waals surface area contributed by atoms with Gasteiger partial charge in [0.25, 0.3) is 5.91 Å². The van der Waals surface area contributed by atoms with Crippen molar-refractivity contribution in [2.24, 2.45) is 10.7 Å². The summed E-state index contributed by atoms with van der Waals surface area (Å²) in [5.74, 6) is 0.871. The summed E-state index contributed by atoms with van der Waals surface area (Å²) in [5, 5.41) is 9.84. The third-order valence-electron chi connectivity index (χ3n) is 4.03. The van der Waals surface area contributed by atoms with Crippen LogP contribution >= 0.6 is 0 Å². The number of aliphatic imine (C=N–C) groups is 1. The van der Waals surface area contributed by atoms with Gasteiger partial charge in [-0.1, -0.05) is 12.1 Å². The van der Waals surface area contributed by atoms with Gasteiger partial charge in [0.05, 0.1) is 12.2 Å². The van der Waals surface area contributed by atoms with Crippen LogP contribution in [-0.2, 0) is 13.0 Å². The van der Waals surface area contributed by atoms with Crippen LogP contribution < -0.4 is 15.8 Å². The van der Waals surface area contributed by atoms with Crippen molar-refractivity contribution in [3.8, 4) is 5.75 Å². The van der Waals surface area contributed by atoms with Crippen LogP contribution in [0.1, 0.15) is 32.7 Å². The predicted octanol–water partition coefficient (Wildman–Crippen LogP) is 1.57. The molecule has 0 bridgehead atoms. The number of rotatable bonds is 5. The van der Waals surface area contributed by atoms with E-state index in [9.17, 15) is 4.79 Å². The molecule has 0 radical (unpaired) electrons. The van der Waals surface area contributed by atoms with Gasteiger partial charge in [-0.05, 0) is 35.7 Å². The molecule has 0 fully saturated rings. The zero-order valence-corrected chi connectivity index (χ0v) is 13.9. The zero-order valence-electron chi connectivity index (χ0n) is 13.9. The fourth-order valence-electron chi connectivity index (χ4n) is 2.70. The Kier molecular flexibility index (Phi) is 4.74. The van der Waals surface area contributed by atoms with Crippen LogP contribution in [-0.4, -0.2) is 29.7 Å². The molecular formula is C18H19N5O2. The highest BCUT2D eigenvalue weighted by molar-refractivity contribution is 6.01. The lowest BCUT2D eigenvalue weighted by atomic mass is 10.1.